The van der Waals surface area contributed by atoms with E-state index < -0.39 is 0 Å². The standard InChI is InChI=1S/C20H20N2O3S/c1-4-25-15-9-11-16(12-10-15)26-20-19(21-13(2)23)17-7-5-6-8-18(17)22(20)14(3)24/h5-12H,4H2,1-3H3,(H,21,23). The molecule has 1 heterocycles. The second-order valence-electron chi connectivity index (χ2n) is 5.74. The molecule has 26 heavy (non-hydrogen) atoms. The van der Waals surface area contributed by atoms with Crippen LogP contribution in [-0.2, 0) is 4.79 Å². The third-order valence-corrected chi connectivity index (χ3v) is 4.88. The van der Waals surface area contributed by atoms with Crippen molar-refractivity contribution in [2.24, 2.45) is 0 Å². The SMILES string of the molecule is CCOc1ccc(Sc2c(NC(C)=O)c3ccccc3n2C(C)=O)cc1. The van der Waals surface area contributed by atoms with Crippen LogP contribution >= 0.6 is 11.8 Å². The number of fused-ring (bicyclic) bond motifs is 1. The Balaban J connectivity index is 2.11. The van der Waals surface area contributed by atoms with Crippen molar-refractivity contribution in [1.29, 1.82) is 0 Å². The molecule has 0 unspecified atom stereocenters. The number of ether oxygens (including phenoxy) is 1. The molecule has 1 N–H and O–H groups in total. The van der Waals surface area contributed by atoms with Crippen molar-refractivity contribution < 1.29 is 14.3 Å². The molecule has 3 rings (SSSR count). The summed E-state index contributed by atoms with van der Waals surface area (Å²) in [6.45, 7) is 5.53. The van der Waals surface area contributed by atoms with Crippen LogP contribution in [0.4, 0.5) is 5.69 Å². The van der Waals surface area contributed by atoms with Gasteiger partial charge in [-0.3, -0.25) is 14.2 Å². The van der Waals surface area contributed by atoms with E-state index >= 15 is 0 Å². The van der Waals surface area contributed by atoms with Crippen LogP contribution in [0.15, 0.2) is 58.5 Å². The number of para-hydroxylation sites is 1. The van der Waals surface area contributed by atoms with Crippen molar-refractivity contribution in [1.82, 2.24) is 4.57 Å². The Morgan fingerprint density at radius 3 is 2.38 bits per heavy atom. The lowest BCUT2D eigenvalue weighted by atomic mass is 10.2. The Bertz CT molecular complexity index is 961. The number of hydrogen-bond acceptors (Lipinski definition) is 4. The first-order chi connectivity index (χ1) is 12.5. The van der Waals surface area contributed by atoms with E-state index in [2.05, 4.69) is 5.32 Å². The van der Waals surface area contributed by atoms with Crippen molar-refractivity contribution in [2.45, 2.75) is 30.7 Å². The highest BCUT2D eigenvalue weighted by atomic mass is 32.2. The number of hydrogen-bond donors (Lipinski definition) is 1. The fraction of sp³-hybridized carbons (Fsp3) is 0.200. The number of rotatable bonds is 5. The van der Waals surface area contributed by atoms with Crippen molar-refractivity contribution in [2.75, 3.05) is 11.9 Å². The zero-order valence-electron chi connectivity index (χ0n) is 14.9. The first-order valence-corrected chi connectivity index (χ1v) is 9.15. The van der Waals surface area contributed by atoms with Gasteiger partial charge in [0.1, 0.15) is 10.8 Å². The van der Waals surface area contributed by atoms with Gasteiger partial charge in [-0.1, -0.05) is 30.0 Å². The predicted octanol–water partition coefficient (Wildman–Crippen LogP) is 4.81. The summed E-state index contributed by atoms with van der Waals surface area (Å²) in [5, 5.41) is 4.42. The lowest BCUT2D eigenvalue weighted by Crippen LogP contribution is -2.09. The number of carbonyl (C=O) groups excluding carboxylic acids is 2. The smallest absolute Gasteiger partial charge is 0.228 e. The molecular weight excluding hydrogens is 348 g/mol. The number of carbonyl (C=O) groups is 2. The lowest BCUT2D eigenvalue weighted by molar-refractivity contribution is -0.114. The highest BCUT2D eigenvalue weighted by Crippen LogP contribution is 2.41. The van der Waals surface area contributed by atoms with Gasteiger partial charge in [-0.15, -0.1) is 0 Å². The van der Waals surface area contributed by atoms with Crippen LogP contribution in [0, 0.1) is 0 Å². The Morgan fingerprint density at radius 1 is 1.08 bits per heavy atom. The topological polar surface area (TPSA) is 60.3 Å². The number of amides is 1. The quantitative estimate of drug-likeness (QED) is 0.702. The van der Waals surface area contributed by atoms with Gasteiger partial charge >= 0.3 is 0 Å². The average Bonchev–Trinajstić information content (AvgIpc) is 2.90. The van der Waals surface area contributed by atoms with Gasteiger partial charge < -0.3 is 10.1 Å². The van der Waals surface area contributed by atoms with Crippen molar-refractivity contribution in [3.63, 3.8) is 0 Å². The molecule has 6 heteroatoms. The van der Waals surface area contributed by atoms with Crippen LogP contribution in [0.1, 0.15) is 25.6 Å². The molecule has 0 fully saturated rings. The van der Waals surface area contributed by atoms with Crippen LogP contribution in [0.3, 0.4) is 0 Å². The summed E-state index contributed by atoms with van der Waals surface area (Å²) in [4.78, 5) is 25.0. The number of anilines is 1. The van der Waals surface area contributed by atoms with E-state index in [1.165, 1.54) is 25.6 Å². The summed E-state index contributed by atoms with van der Waals surface area (Å²) in [5.74, 6) is 0.516. The van der Waals surface area contributed by atoms with E-state index in [1.54, 1.807) is 4.57 Å². The highest BCUT2D eigenvalue weighted by Gasteiger charge is 2.21. The van der Waals surface area contributed by atoms with Gasteiger partial charge in [0.2, 0.25) is 11.8 Å². The van der Waals surface area contributed by atoms with E-state index in [0.717, 1.165) is 21.5 Å². The maximum Gasteiger partial charge on any atom is 0.228 e. The molecule has 0 aliphatic carbocycles. The van der Waals surface area contributed by atoms with E-state index in [4.69, 9.17) is 4.74 Å². The molecule has 134 valence electrons. The maximum atomic E-state index is 12.3. The summed E-state index contributed by atoms with van der Waals surface area (Å²) in [6.07, 6.45) is 0. The first kappa shape index (κ1) is 18.1. The van der Waals surface area contributed by atoms with Crippen LogP contribution in [0.5, 0.6) is 5.75 Å². The van der Waals surface area contributed by atoms with Gasteiger partial charge in [0.15, 0.2) is 0 Å². The Labute approximate surface area is 156 Å². The molecule has 5 nitrogen and oxygen atoms in total. The molecule has 1 aromatic heterocycles. The van der Waals surface area contributed by atoms with Gasteiger partial charge in [-0.25, -0.2) is 0 Å². The van der Waals surface area contributed by atoms with Crippen molar-refractivity contribution >= 4 is 40.2 Å². The number of nitrogens with zero attached hydrogens (tertiary/aromatic N) is 1. The molecule has 0 aliphatic rings. The molecule has 0 atom stereocenters. The third-order valence-electron chi connectivity index (χ3n) is 3.80. The fourth-order valence-corrected chi connectivity index (χ4v) is 3.88. The second-order valence-corrected chi connectivity index (χ2v) is 6.80. The molecule has 0 saturated heterocycles. The van der Waals surface area contributed by atoms with E-state index in [9.17, 15) is 9.59 Å². The first-order valence-electron chi connectivity index (χ1n) is 8.34. The number of benzene rings is 2. The molecule has 0 radical (unpaired) electrons. The lowest BCUT2D eigenvalue weighted by Gasteiger charge is -2.10. The fourth-order valence-electron chi connectivity index (χ4n) is 2.80. The zero-order chi connectivity index (χ0) is 18.7. The van der Waals surface area contributed by atoms with Crippen molar-refractivity contribution in [3.05, 3.63) is 48.5 Å². The summed E-state index contributed by atoms with van der Waals surface area (Å²) in [6, 6.07) is 15.2. The number of aromatic nitrogens is 1. The van der Waals surface area contributed by atoms with Gasteiger partial charge in [0.05, 0.1) is 17.8 Å². The van der Waals surface area contributed by atoms with Crippen LogP contribution < -0.4 is 10.1 Å². The third kappa shape index (κ3) is 3.60. The second kappa shape index (κ2) is 7.66. The van der Waals surface area contributed by atoms with Crippen LogP contribution in [0.25, 0.3) is 10.9 Å². The Morgan fingerprint density at radius 2 is 1.77 bits per heavy atom. The molecule has 2 aromatic carbocycles. The predicted molar refractivity (Wildman–Crippen MR) is 104 cm³/mol. The largest absolute Gasteiger partial charge is 0.494 e. The number of nitrogens with one attached hydrogen (secondary N) is 1. The Kier molecular flexibility index (Phi) is 5.32. The maximum absolute atomic E-state index is 12.3. The van der Waals surface area contributed by atoms with Gasteiger partial charge in [0, 0.05) is 24.1 Å². The minimum atomic E-state index is -0.176. The average molecular weight is 368 g/mol. The van der Waals surface area contributed by atoms with Crippen LogP contribution in [-0.4, -0.2) is 23.0 Å². The van der Waals surface area contributed by atoms with Gasteiger partial charge in [0.25, 0.3) is 0 Å². The van der Waals surface area contributed by atoms with E-state index in [1.807, 2.05) is 55.5 Å². The molecule has 0 aliphatic heterocycles. The monoisotopic (exact) mass is 368 g/mol. The molecule has 0 saturated carbocycles. The van der Waals surface area contributed by atoms with Crippen LogP contribution in [0.2, 0.25) is 0 Å². The molecule has 0 spiro atoms. The van der Waals surface area contributed by atoms with Crippen molar-refractivity contribution in [3.8, 4) is 5.75 Å². The molecular formula is C20H20N2O3S. The summed E-state index contributed by atoms with van der Waals surface area (Å²) in [7, 11) is 0. The zero-order valence-corrected chi connectivity index (χ0v) is 15.7. The summed E-state index contributed by atoms with van der Waals surface area (Å²) in [5.41, 5.74) is 1.43. The molecule has 3 aromatic rings. The normalized spacial score (nSPS) is 10.7. The molecule has 1 amide bonds. The Hall–Kier alpha value is -2.73. The van der Waals surface area contributed by atoms with Gasteiger partial charge in [-0.05, 0) is 37.3 Å². The van der Waals surface area contributed by atoms with E-state index in [0.29, 0.717) is 17.3 Å². The highest BCUT2D eigenvalue weighted by molar-refractivity contribution is 7.99. The summed E-state index contributed by atoms with van der Waals surface area (Å²) >= 11 is 1.44. The minimum absolute atomic E-state index is 0.105. The molecule has 0 bridgehead atoms. The van der Waals surface area contributed by atoms with Gasteiger partial charge in [-0.2, -0.15) is 0 Å². The van der Waals surface area contributed by atoms with E-state index in [-0.39, 0.29) is 11.8 Å². The summed E-state index contributed by atoms with van der Waals surface area (Å²) < 4.78 is 7.11. The minimum Gasteiger partial charge on any atom is -0.494 e.